The zero-order valence-electron chi connectivity index (χ0n) is 17.3. The van der Waals surface area contributed by atoms with E-state index in [9.17, 15) is 31.2 Å². The van der Waals surface area contributed by atoms with E-state index in [2.05, 4.69) is 10.3 Å². The molecule has 0 spiro atoms. The van der Waals surface area contributed by atoms with Gasteiger partial charge in [0.1, 0.15) is 5.56 Å². The second-order valence-electron chi connectivity index (χ2n) is 7.12. The van der Waals surface area contributed by atoms with Gasteiger partial charge in [0.15, 0.2) is 9.84 Å². The van der Waals surface area contributed by atoms with Crippen LogP contribution in [0, 0.1) is 10.5 Å². The first-order valence-corrected chi connectivity index (χ1v) is 12.3. The Kier molecular flexibility index (Phi) is 6.98. The lowest BCUT2D eigenvalue weighted by Crippen LogP contribution is -2.34. The number of rotatable bonds is 5. The molecule has 0 unspecified atom stereocenters. The minimum atomic E-state index is -4.59. The second kappa shape index (κ2) is 9.25. The topological polar surface area (TPSA) is 98.1 Å². The summed E-state index contributed by atoms with van der Waals surface area (Å²) < 4.78 is 64.0. The summed E-state index contributed by atoms with van der Waals surface area (Å²) >= 11 is 1.90. The Morgan fingerprint density at radius 3 is 2.45 bits per heavy atom. The number of sulfone groups is 1. The molecule has 3 aromatic rings. The van der Waals surface area contributed by atoms with Crippen molar-refractivity contribution in [2.75, 3.05) is 6.26 Å². The Morgan fingerprint density at radius 1 is 1.18 bits per heavy atom. The molecule has 2 heterocycles. The highest BCUT2D eigenvalue weighted by Gasteiger charge is 2.31. The van der Waals surface area contributed by atoms with E-state index in [0.29, 0.717) is 15.0 Å². The van der Waals surface area contributed by atoms with Crippen LogP contribution < -0.4 is 10.9 Å². The van der Waals surface area contributed by atoms with Gasteiger partial charge in [-0.25, -0.2) is 8.42 Å². The fourth-order valence-electron chi connectivity index (χ4n) is 2.97. The SMILES string of the molecule is Cc1c(I)cc(C(=O)NCc2ccc(S(C)(=O)=O)cn2)c(=O)n1-c1cccc(C(F)(F)F)c1. The van der Waals surface area contributed by atoms with Crippen molar-refractivity contribution in [3.8, 4) is 5.69 Å². The molecule has 0 fully saturated rings. The van der Waals surface area contributed by atoms with Crippen LogP contribution in [-0.2, 0) is 22.6 Å². The largest absolute Gasteiger partial charge is 0.416 e. The van der Waals surface area contributed by atoms with Gasteiger partial charge in [0.2, 0.25) is 0 Å². The lowest BCUT2D eigenvalue weighted by atomic mass is 10.1. The van der Waals surface area contributed by atoms with Crippen molar-refractivity contribution in [1.82, 2.24) is 14.9 Å². The molecule has 3 rings (SSSR count). The third-order valence-corrected chi connectivity index (χ3v) is 6.91. The molecule has 0 saturated heterocycles. The Morgan fingerprint density at radius 2 is 1.88 bits per heavy atom. The average molecular weight is 591 g/mol. The summed E-state index contributed by atoms with van der Waals surface area (Å²) in [6, 6.07) is 8.42. The molecular weight excluding hydrogens is 574 g/mol. The number of benzene rings is 1. The van der Waals surface area contributed by atoms with Crippen LogP contribution in [0.25, 0.3) is 5.69 Å². The number of halogens is 4. The zero-order chi connectivity index (χ0) is 24.6. The van der Waals surface area contributed by atoms with Crippen LogP contribution >= 0.6 is 22.6 Å². The fourth-order valence-corrected chi connectivity index (χ4v) is 4.08. The van der Waals surface area contributed by atoms with Gasteiger partial charge in [0.05, 0.1) is 22.7 Å². The van der Waals surface area contributed by atoms with Crippen molar-refractivity contribution in [3.63, 3.8) is 0 Å². The van der Waals surface area contributed by atoms with E-state index in [-0.39, 0.29) is 22.7 Å². The fraction of sp³-hybridized carbons (Fsp3) is 0.190. The lowest BCUT2D eigenvalue weighted by Gasteiger charge is -2.16. The van der Waals surface area contributed by atoms with E-state index >= 15 is 0 Å². The highest BCUT2D eigenvalue weighted by molar-refractivity contribution is 14.1. The summed E-state index contributed by atoms with van der Waals surface area (Å²) in [5, 5.41) is 2.53. The normalized spacial score (nSPS) is 11.9. The van der Waals surface area contributed by atoms with Gasteiger partial charge in [-0.2, -0.15) is 13.2 Å². The van der Waals surface area contributed by atoms with E-state index < -0.39 is 33.0 Å². The number of alkyl halides is 3. The molecule has 2 aromatic heterocycles. The van der Waals surface area contributed by atoms with Crippen molar-refractivity contribution in [2.24, 2.45) is 0 Å². The van der Waals surface area contributed by atoms with Crippen LogP contribution in [0.1, 0.15) is 27.3 Å². The van der Waals surface area contributed by atoms with Crippen LogP contribution in [0.4, 0.5) is 13.2 Å². The van der Waals surface area contributed by atoms with E-state index in [1.54, 1.807) is 6.92 Å². The predicted molar refractivity (Wildman–Crippen MR) is 123 cm³/mol. The molecule has 0 aliphatic heterocycles. The van der Waals surface area contributed by atoms with E-state index in [1.807, 2.05) is 22.6 Å². The molecule has 33 heavy (non-hydrogen) atoms. The molecule has 0 radical (unpaired) electrons. The van der Waals surface area contributed by atoms with Crippen LogP contribution in [0.2, 0.25) is 0 Å². The first-order valence-electron chi connectivity index (χ1n) is 9.32. The van der Waals surface area contributed by atoms with Crippen molar-refractivity contribution in [1.29, 1.82) is 0 Å². The minimum Gasteiger partial charge on any atom is -0.346 e. The maximum atomic E-state index is 13.1. The number of nitrogens with zero attached hydrogens (tertiary/aromatic N) is 2. The van der Waals surface area contributed by atoms with Gasteiger partial charge in [0, 0.05) is 27.4 Å². The summed E-state index contributed by atoms with van der Waals surface area (Å²) in [6.45, 7) is 1.48. The van der Waals surface area contributed by atoms with E-state index in [1.165, 1.54) is 30.3 Å². The van der Waals surface area contributed by atoms with Crippen molar-refractivity contribution in [3.05, 3.63) is 85.1 Å². The average Bonchev–Trinajstić information content (AvgIpc) is 2.74. The summed E-state index contributed by atoms with van der Waals surface area (Å²) in [5.74, 6) is -0.743. The Balaban J connectivity index is 1.93. The van der Waals surface area contributed by atoms with Crippen molar-refractivity contribution < 1.29 is 26.4 Å². The van der Waals surface area contributed by atoms with E-state index in [0.717, 1.165) is 29.2 Å². The third-order valence-electron chi connectivity index (χ3n) is 4.72. The standard InChI is InChI=1S/C21H17F3IN3O4S/c1-12-18(25)9-17(19(29)27-10-14-6-7-16(11-26-14)33(2,31)32)20(30)28(12)15-5-3-4-13(8-15)21(22,23)24/h3-9,11H,10H2,1-2H3,(H,27,29). The quantitative estimate of drug-likeness (QED) is 0.459. The molecule has 1 aromatic carbocycles. The molecule has 1 N–H and O–H groups in total. The van der Waals surface area contributed by atoms with Gasteiger partial charge in [0.25, 0.3) is 11.5 Å². The Hall–Kier alpha value is -2.74. The van der Waals surface area contributed by atoms with Crippen LogP contribution in [-0.4, -0.2) is 30.1 Å². The monoisotopic (exact) mass is 591 g/mol. The molecule has 0 atom stereocenters. The van der Waals surface area contributed by atoms with Gasteiger partial charge in [-0.15, -0.1) is 0 Å². The van der Waals surface area contributed by atoms with Gasteiger partial charge >= 0.3 is 6.18 Å². The van der Waals surface area contributed by atoms with Crippen LogP contribution in [0.5, 0.6) is 0 Å². The number of carbonyl (C=O) groups is 1. The number of aromatic nitrogens is 2. The molecule has 0 bridgehead atoms. The third kappa shape index (κ3) is 5.61. The maximum absolute atomic E-state index is 13.1. The second-order valence-corrected chi connectivity index (χ2v) is 10.3. The van der Waals surface area contributed by atoms with Gasteiger partial charge < -0.3 is 5.32 Å². The van der Waals surface area contributed by atoms with Crippen molar-refractivity contribution in [2.45, 2.75) is 24.5 Å². The number of amides is 1. The molecular formula is C21H17F3IN3O4S. The molecule has 0 aliphatic carbocycles. The van der Waals surface area contributed by atoms with Gasteiger partial charge in [-0.1, -0.05) is 6.07 Å². The Bertz CT molecular complexity index is 1390. The predicted octanol–water partition coefficient (Wildman–Crippen LogP) is 3.50. The summed E-state index contributed by atoms with van der Waals surface area (Å²) in [6.07, 6.45) is -2.39. The first-order chi connectivity index (χ1) is 15.3. The molecule has 0 aliphatic rings. The summed E-state index contributed by atoms with van der Waals surface area (Å²) in [7, 11) is -3.42. The number of nitrogens with one attached hydrogen (secondary N) is 1. The maximum Gasteiger partial charge on any atom is 0.416 e. The smallest absolute Gasteiger partial charge is 0.346 e. The van der Waals surface area contributed by atoms with Gasteiger partial charge in [-0.05, 0) is 65.9 Å². The van der Waals surface area contributed by atoms with E-state index in [4.69, 9.17) is 0 Å². The van der Waals surface area contributed by atoms with Gasteiger partial charge in [-0.3, -0.25) is 19.1 Å². The van der Waals surface area contributed by atoms with Crippen molar-refractivity contribution >= 4 is 38.3 Å². The highest BCUT2D eigenvalue weighted by atomic mass is 127. The first kappa shape index (κ1) is 24.9. The molecule has 7 nitrogen and oxygen atoms in total. The number of hydrogen-bond donors (Lipinski definition) is 1. The molecule has 174 valence electrons. The lowest BCUT2D eigenvalue weighted by molar-refractivity contribution is -0.137. The molecule has 12 heteroatoms. The summed E-state index contributed by atoms with van der Waals surface area (Å²) in [4.78, 5) is 29.8. The van der Waals surface area contributed by atoms with Crippen LogP contribution in [0.15, 0.2) is 58.4 Å². The molecule has 1 amide bonds. The van der Waals surface area contributed by atoms with Crippen LogP contribution in [0.3, 0.4) is 0 Å². The number of carbonyl (C=O) groups excluding carboxylic acids is 1. The molecule has 0 saturated carbocycles. The minimum absolute atomic E-state index is 0.0158. The number of hydrogen-bond acceptors (Lipinski definition) is 5. The number of pyridine rings is 2. The highest BCUT2D eigenvalue weighted by Crippen LogP contribution is 2.30. The Labute approximate surface area is 200 Å². The zero-order valence-corrected chi connectivity index (χ0v) is 20.2. The summed E-state index contributed by atoms with van der Waals surface area (Å²) in [5.41, 5.74) is -1.22.